The van der Waals surface area contributed by atoms with Crippen molar-refractivity contribution in [3.63, 3.8) is 0 Å². The molecule has 2 heterocycles. The lowest BCUT2D eigenvalue weighted by molar-refractivity contribution is -0.197. The summed E-state index contributed by atoms with van der Waals surface area (Å²) < 4.78 is 5.19. The predicted molar refractivity (Wildman–Crippen MR) is 151 cm³/mol. The Morgan fingerprint density at radius 3 is 2.38 bits per heavy atom. The lowest BCUT2D eigenvalue weighted by atomic mass is 10.0. The minimum Gasteiger partial charge on any atom is -0.444 e. The summed E-state index contributed by atoms with van der Waals surface area (Å²) in [6.45, 7) is 5.66. The number of hydrogen-bond acceptors (Lipinski definition) is 8. The highest BCUT2D eigenvalue weighted by Gasteiger charge is 2.32. The van der Waals surface area contributed by atoms with Crippen LogP contribution in [-0.2, 0) is 40.0 Å². The number of carbonyl (C=O) groups excluding carboxylic acids is 6. The van der Waals surface area contributed by atoms with Crippen molar-refractivity contribution < 1.29 is 38.3 Å². The molecule has 13 nitrogen and oxygen atoms in total. The molecule has 2 aromatic rings. The Labute approximate surface area is 244 Å². The smallest absolute Gasteiger partial charge is 0.407 e. The number of alkyl carbamates (subject to hydrolysis) is 1. The molecule has 13 heteroatoms. The van der Waals surface area contributed by atoms with E-state index in [2.05, 4.69) is 20.9 Å². The quantitative estimate of drug-likeness (QED) is 0.193. The highest BCUT2D eigenvalue weighted by molar-refractivity contribution is 6.01. The molecule has 228 valence electrons. The van der Waals surface area contributed by atoms with Gasteiger partial charge in [0.25, 0.3) is 11.8 Å². The number of para-hydroxylation sites is 1. The van der Waals surface area contributed by atoms with E-state index in [1.165, 1.54) is 0 Å². The largest absolute Gasteiger partial charge is 0.444 e. The van der Waals surface area contributed by atoms with Crippen LogP contribution in [0.3, 0.4) is 0 Å². The molecule has 1 aromatic carbocycles. The first-order valence-corrected chi connectivity index (χ1v) is 14.1. The summed E-state index contributed by atoms with van der Waals surface area (Å²) in [7, 11) is 0. The van der Waals surface area contributed by atoms with Crippen molar-refractivity contribution in [2.45, 2.75) is 83.8 Å². The third kappa shape index (κ3) is 10.2. The summed E-state index contributed by atoms with van der Waals surface area (Å²) >= 11 is 0. The molecule has 3 rings (SSSR count). The van der Waals surface area contributed by atoms with Gasteiger partial charge in [-0.2, -0.15) is 0 Å². The summed E-state index contributed by atoms with van der Waals surface area (Å²) in [6.07, 6.45) is 3.31. The van der Waals surface area contributed by atoms with Crippen LogP contribution in [-0.4, -0.2) is 70.5 Å². The second-order valence-corrected chi connectivity index (χ2v) is 11.0. The first kappa shape index (κ1) is 32.1. The van der Waals surface area contributed by atoms with Crippen LogP contribution in [0.4, 0.5) is 4.79 Å². The fraction of sp³-hybridized carbons (Fsp3) is 0.517. The summed E-state index contributed by atoms with van der Waals surface area (Å²) in [5.41, 5.74) is 1.16. The SMILES string of the molecule is CC(C)(C)OC(=O)NCCCCCC(=O)NC(Cc1c[nH]c2ccccc12)C(=O)NCCC(=O)ON1C(=O)CCC1=O. The van der Waals surface area contributed by atoms with Crippen LogP contribution >= 0.6 is 0 Å². The lowest BCUT2D eigenvalue weighted by Gasteiger charge is -2.19. The number of ether oxygens (including phenoxy) is 1. The number of H-pyrrole nitrogens is 1. The van der Waals surface area contributed by atoms with Gasteiger partial charge in [0.1, 0.15) is 11.6 Å². The van der Waals surface area contributed by atoms with Gasteiger partial charge in [-0.25, -0.2) is 9.59 Å². The number of amides is 5. The van der Waals surface area contributed by atoms with E-state index in [1.807, 2.05) is 24.3 Å². The van der Waals surface area contributed by atoms with Crippen LogP contribution in [0.1, 0.15) is 71.3 Å². The first-order chi connectivity index (χ1) is 19.9. The molecule has 1 atom stereocenters. The molecule has 1 aromatic heterocycles. The van der Waals surface area contributed by atoms with Gasteiger partial charge in [0, 0.05) is 55.9 Å². The van der Waals surface area contributed by atoms with Gasteiger partial charge < -0.3 is 30.5 Å². The first-order valence-electron chi connectivity index (χ1n) is 14.1. The predicted octanol–water partition coefficient (Wildman–Crippen LogP) is 2.39. The molecule has 5 amide bonds. The molecule has 4 N–H and O–H groups in total. The zero-order valence-corrected chi connectivity index (χ0v) is 24.2. The summed E-state index contributed by atoms with van der Waals surface area (Å²) in [6, 6.07) is 6.68. The molecule has 0 bridgehead atoms. The maximum Gasteiger partial charge on any atom is 0.407 e. The van der Waals surface area contributed by atoms with Crippen molar-refractivity contribution in [1.29, 1.82) is 0 Å². The molecule has 0 radical (unpaired) electrons. The van der Waals surface area contributed by atoms with Gasteiger partial charge in [-0.1, -0.05) is 24.6 Å². The van der Waals surface area contributed by atoms with Crippen molar-refractivity contribution >= 4 is 46.6 Å². The number of unbranched alkanes of at least 4 members (excludes halogenated alkanes) is 2. The van der Waals surface area contributed by atoms with Gasteiger partial charge >= 0.3 is 12.1 Å². The number of imide groups is 1. The Morgan fingerprint density at radius 1 is 0.952 bits per heavy atom. The number of rotatable bonds is 14. The van der Waals surface area contributed by atoms with Crippen molar-refractivity contribution in [2.24, 2.45) is 0 Å². The molecule has 0 spiro atoms. The Morgan fingerprint density at radius 2 is 1.67 bits per heavy atom. The van der Waals surface area contributed by atoms with Crippen molar-refractivity contribution in [3.8, 4) is 0 Å². The maximum atomic E-state index is 13.1. The fourth-order valence-electron chi connectivity index (χ4n) is 4.30. The summed E-state index contributed by atoms with van der Waals surface area (Å²) in [5, 5.41) is 9.48. The zero-order valence-electron chi connectivity index (χ0n) is 24.2. The van der Waals surface area contributed by atoms with Crippen LogP contribution in [0.5, 0.6) is 0 Å². The monoisotopic (exact) mass is 585 g/mol. The number of benzene rings is 1. The van der Waals surface area contributed by atoms with Crippen LogP contribution in [0.2, 0.25) is 0 Å². The molecular formula is C29H39N5O8. The third-order valence-electron chi connectivity index (χ3n) is 6.33. The number of nitrogens with one attached hydrogen (secondary N) is 4. The van der Waals surface area contributed by atoms with E-state index >= 15 is 0 Å². The fourth-order valence-corrected chi connectivity index (χ4v) is 4.30. The minimum absolute atomic E-state index is 0.0129. The Bertz CT molecular complexity index is 1280. The van der Waals surface area contributed by atoms with E-state index in [-0.39, 0.29) is 44.6 Å². The molecule has 42 heavy (non-hydrogen) atoms. The summed E-state index contributed by atoms with van der Waals surface area (Å²) in [4.78, 5) is 80.9. The van der Waals surface area contributed by atoms with E-state index in [0.29, 0.717) is 30.9 Å². The molecule has 0 saturated carbocycles. The van der Waals surface area contributed by atoms with Crippen LogP contribution < -0.4 is 16.0 Å². The number of hydroxylamine groups is 2. The molecule has 1 unspecified atom stereocenters. The normalized spacial score (nSPS) is 14.0. The standard InChI is InChI=1S/C29H39N5O8/c1-29(2,3)41-28(40)31-15-8-4-5-11-23(35)33-22(17-19-18-32-21-10-7-6-9-20(19)21)27(39)30-16-14-26(38)42-34-24(36)12-13-25(34)37/h6-7,9-10,18,22,32H,4-5,8,11-17H2,1-3H3,(H,30,39)(H,31,40)(H,33,35). The Balaban J connectivity index is 1.49. The maximum absolute atomic E-state index is 13.1. The number of carbonyl (C=O) groups is 6. The van der Waals surface area contributed by atoms with Gasteiger partial charge in [-0.05, 0) is 45.2 Å². The van der Waals surface area contributed by atoms with Gasteiger partial charge in [0.15, 0.2) is 0 Å². The number of nitrogens with zero attached hydrogens (tertiary/aromatic N) is 1. The number of fused-ring (bicyclic) bond motifs is 1. The second kappa shape index (κ2) is 15.0. The van der Waals surface area contributed by atoms with Crippen molar-refractivity contribution in [2.75, 3.05) is 13.1 Å². The van der Waals surface area contributed by atoms with Gasteiger partial charge in [-0.15, -0.1) is 5.06 Å². The van der Waals surface area contributed by atoms with E-state index in [0.717, 1.165) is 16.5 Å². The Hall–Kier alpha value is -4.42. The summed E-state index contributed by atoms with van der Waals surface area (Å²) in [5.74, 6) is -2.80. The number of aromatic nitrogens is 1. The van der Waals surface area contributed by atoms with Gasteiger partial charge in [0.2, 0.25) is 11.8 Å². The lowest BCUT2D eigenvalue weighted by Crippen LogP contribution is -2.48. The van der Waals surface area contributed by atoms with Gasteiger partial charge in [-0.3, -0.25) is 19.2 Å². The number of aromatic amines is 1. The minimum atomic E-state index is -0.914. The zero-order chi connectivity index (χ0) is 30.7. The van der Waals surface area contributed by atoms with Crippen molar-refractivity contribution in [1.82, 2.24) is 26.0 Å². The van der Waals surface area contributed by atoms with Gasteiger partial charge in [0.05, 0.1) is 6.42 Å². The van der Waals surface area contributed by atoms with E-state index in [9.17, 15) is 28.8 Å². The van der Waals surface area contributed by atoms with E-state index in [1.54, 1.807) is 27.0 Å². The second-order valence-electron chi connectivity index (χ2n) is 11.0. The molecule has 1 saturated heterocycles. The van der Waals surface area contributed by atoms with Crippen LogP contribution in [0, 0.1) is 0 Å². The third-order valence-corrected chi connectivity index (χ3v) is 6.33. The highest BCUT2D eigenvalue weighted by Crippen LogP contribution is 2.19. The molecule has 1 aliphatic heterocycles. The Kier molecular flexibility index (Phi) is 11.5. The topological polar surface area (TPSA) is 176 Å². The molecule has 1 aliphatic rings. The van der Waals surface area contributed by atoms with Crippen LogP contribution in [0.25, 0.3) is 10.9 Å². The highest BCUT2D eigenvalue weighted by atomic mass is 16.7. The average molecular weight is 586 g/mol. The van der Waals surface area contributed by atoms with E-state index < -0.39 is 41.4 Å². The molecular weight excluding hydrogens is 546 g/mol. The van der Waals surface area contributed by atoms with Crippen molar-refractivity contribution in [3.05, 3.63) is 36.0 Å². The van der Waals surface area contributed by atoms with Crippen LogP contribution in [0.15, 0.2) is 30.5 Å². The van der Waals surface area contributed by atoms with E-state index in [4.69, 9.17) is 9.57 Å². The molecule has 0 aliphatic carbocycles. The molecule has 1 fully saturated rings. The average Bonchev–Trinajstić information content (AvgIpc) is 3.47. The number of hydrogen-bond donors (Lipinski definition) is 4.